The normalized spacial score (nSPS) is 21.0. The van der Waals surface area contributed by atoms with Crippen LogP contribution in [0.25, 0.3) is 0 Å². The summed E-state index contributed by atoms with van der Waals surface area (Å²) in [5.41, 5.74) is 2.22. The zero-order chi connectivity index (χ0) is 20.9. The molecule has 170 valence electrons. The summed E-state index contributed by atoms with van der Waals surface area (Å²) in [6.45, 7) is 6.96. The number of carbonyl (C=O) groups is 2. The maximum absolute atomic E-state index is 12.8. The van der Waals surface area contributed by atoms with Crippen LogP contribution in [0.4, 0.5) is 5.69 Å². The first-order chi connectivity index (χ1) is 14.7. The van der Waals surface area contributed by atoms with Crippen LogP contribution in [0.3, 0.4) is 0 Å². The Morgan fingerprint density at radius 1 is 1.13 bits per heavy atom. The van der Waals surface area contributed by atoms with Crippen molar-refractivity contribution in [2.24, 2.45) is 4.99 Å². The average molecular weight is 541 g/mol. The first-order valence-electron chi connectivity index (χ1n) is 11.0. The summed E-state index contributed by atoms with van der Waals surface area (Å²) in [4.78, 5) is 35.8. The molecular formula is C22H32IN5O3. The molecule has 3 heterocycles. The maximum Gasteiger partial charge on any atom is 0.251 e. The van der Waals surface area contributed by atoms with E-state index in [1.54, 1.807) is 0 Å². The van der Waals surface area contributed by atoms with E-state index in [9.17, 15) is 9.59 Å². The number of piperazine rings is 1. The second-order valence-electron chi connectivity index (χ2n) is 7.91. The Bertz CT molecular complexity index is 804. The largest absolute Gasteiger partial charge is 0.368 e. The van der Waals surface area contributed by atoms with Gasteiger partial charge in [-0.25, -0.2) is 4.99 Å². The van der Waals surface area contributed by atoms with Crippen LogP contribution in [0.1, 0.15) is 25.3 Å². The van der Waals surface area contributed by atoms with Gasteiger partial charge in [0.15, 0.2) is 5.96 Å². The summed E-state index contributed by atoms with van der Waals surface area (Å²) in [5, 5.41) is 3.29. The minimum Gasteiger partial charge on any atom is -0.368 e. The summed E-state index contributed by atoms with van der Waals surface area (Å²) in [6, 6.07) is 8.05. The van der Waals surface area contributed by atoms with Crippen molar-refractivity contribution in [3.8, 4) is 0 Å². The number of aliphatic imine (C=N–C) groups is 1. The molecule has 8 nitrogen and oxygen atoms in total. The Morgan fingerprint density at radius 3 is 2.58 bits per heavy atom. The lowest BCUT2D eigenvalue weighted by atomic mass is 10.2. The third kappa shape index (κ3) is 5.49. The molecule has 0 aromatic heterocycles. The van der Waals surface area contributed by atoms with Gasteiger partial charge in [-0.15, -0.1) is 24.0 Å². The fourth-order valence-corrected chi connectivity index (χ4v) is 4.37. The van der Waals surface area contributed by atoms with Crippen molar-refractivity contribution >= 4 is 47.4 Å². The molecule has 2 fully saturated rings. The van der Waals surface area contributed by atoms with E-state index in [4.69, 9.17) is 4.74 Å². The second kappa shape index (κ2) is 11.1. The van der Waals surface area contributed by atoms with Gasteiger partial charge in [0.2, 0.25) is 5.91 Å². The number of amides is 2. The fraction of sp³-hybridized carbons (Fsp3) is 0.591. The van der Waals surface area contributed by atoms with Gasteiger partial charge < -0.3 is 24.8 Å². The standard InChI is InChI=1S/C22H31N5O3.HI/c1-2-23-22(24-16-20(28)27-10-9-17-6-3-4-7-18(17)27)26-13-11-25(12-14-26)21(29)19-8-5-15-30-19;/h3-4,6-7,19H,2,5,8-16H2,1H3,(H,23,24);1H. The number of rotatable bonds is 4. The summed E-state index contributed by atoms with van der Waals surface area (Å²) >= 11 is 0. The number of benzene rings is 1. The zero-order valence-electron chi connectivity index (χ0n) is 18.1. The number of nitrogens with zero attached hydrogens (tertiary/aromatic N) is 4. The minimum atomic E-state index is -0.264. The van der Waals surface area contributed by atoms with E-state index in [2.05, 4.69) is 21.3 Å². The Morgan fingerprint density at radius 2 is 1.87 bits per heavy atom. The van der Waals surface area contributed by atoms with Gasteiger partial charge in [-0.2, -0.15) is 0 Å². The van der Waals surface area contributed by atoms with Gasteiger partial charge in [-0.1, -0.05) is 18.2 Å². The van der Waals surface area contributed by atoms with E-state index >= 15 is 0 Å². The molecule has 0 spiro atoms. The van der Waals surface area contributed by atoms with Crippen LogP contribution >= 0.6 is 24.0 Å². The molecule has 2 amide bonds. The van der Waals surface area contributed by atoms with Crippen molar-refractivity contribution in [2.75, 3.05) is 57.3 Å². The number of fused-ring (bicyclic) bond motifs is 1. The predicted molar refractivity (Wildman–Crippen MR) is 131 cm³/mol. The molecule has 31 heavy (non-hydrogen) atoms. The lowest BCUT2D eigenvalue weighted by Crippen LogP contribution is -2.55. The van der Waals surface area contributed by atoms with Crippen LogP contribution in [0.5, 0.6) is 0 Å². The summed E-state index contributed by atoms with van der Waals surface area (Å²) < 4.78 is 5.54. The van der Waals surface area contributed by atoms with Gasteiger partial charge in [-0.05, 0) is 37.8 Å². The number of anilines is 1. The van der Waals surface area contributed by atoms with Crippen LogP contribution < -0.4 is 10.2 Å². The van der Waals surface area contributed by atoms with E-state index in [0.29, 0.717) is 39.3 Å². The number of hydrogen-bond acceptors (Lipinski definition) is 4. The Labute approximate surface area is 201 Å². The van der Waals surface area contributed by atoms with Crippen LogP contribution in [0.2, 0.25) is 0 Å². The van der Waals surface area contributed by atoms with Crippen molar-refractivity contribution in [3.63, 3.8) is 0 Å². The highest BCUT2D eigenvalue weighted by atomic mass is 127. The highest BCUT2D eigenvalue weighted by Gasteiger charge is 2.31. The molecule has 0 radical (unpaired) electrons. The fourth-order valence-electron chi connectivity index (χ4n) is 4.37. The lowest BCUT2D eigenvalue weighted by Gasteiger charge is -2.37. The molecule has 3 aliphatic rings. The van der Waals surface area contributed by atoms with E-state index in [1.165, 1.54) is 5.56 Å². The highest BCUT2D eigenvalue weighted by molar-refractivity contribution is 14.0. The van der Waals surface area contributed by atoms with Crippen LogP contribution in [-0.4, -0.2) is 86.1 Å². The number of para-hydroxylation sites is 1. The van der Waals surface area contributed by atoms with E-state index in [0.717, 1.165) is 37.5 Å². The third-order valence-electron chi connectivity index (χ3n) is 5.98. The van der Waals surface area contributed by atoms with Crippen molar-refractivity contribution in [3.05, 3.63) is 29.8 Å². The van der Waals surface area contributed by atoms with Crippen molar-refractivity contribution in [1.29, 1.82) is 0 Å². The first kappa shape index (κ1) is 23.8. The van der Waals surface area contributed by atoms with E-state index in [1.807, 2.05) is 34.9 Å². The molecule has 1 unspecified atom stereocenters. The zero-order valence-corrected chi connectivity index (χ0v) is 20.4. The Hall–Kier alpha value is -1.88. The summed E-state index contributed by atoms with van der Waals surface area (Å²) in [6.07, 6.45) is 2.42. The quantitative estimate of drug-likeness (QED) is 0.355. The van der Waals surface area contributed by atoms with Crippen molar-refractivity contribution in [1.82, 2.24) is 15.1 Å². The molecule has 1 atom stereocenters. The molecule has 3 aliphatic heterocycles. The molecule has 1 aromatic rings. The third-order valence-corrected chi connectivity index (χ3v) is 5.98. The molecule has 0 saturated carbocycles. The average Bonchev–Trinajstić information content (AvgIpc) is 3.46. The Balaban J connectivity index is 0.00000272. The molecule has 0 bridgehead atoms. The van der Waals surface area contributed by atoms with Gasteiger partial charge in [0.05, 0.1) is 0 Å². The molecule has 9 heteroatoms. The van der Waals surface area contributed by atoms with Crippen molar-refractivity contribution in [2.45, 2.75) is 32.3 Å². The molecule has 4 rings (SSSR count). The number of hydrogen-bond donors (Lipinski definition) is 1. The number of ether oxygens (including phenoxy) is 1. The van der Waals surface area contributed by atoms with Gasteiger partial charge in [0.1, 0.15) is 12.6 Å². The predicted octanol–water partition coefficient (Wildman–Crippen LogP) is 1.48. The minimum absolute atomic E-state index is 0. The topological polar surface area (TPSA) is 77.5 Å². The van der Waals surface area contributed by atoms with Crippen LogP contribution in [-0.2, 0) is 20.7 Å². The molecule has 1 aromatic carbocycles. The van der Waals surface area contributed by atoms with Crippen LogP contribution in [0.15, 0.2) is 29.3 Å². The van der Waals surface area contributed by atoms with Gasteiger partial charge in [-0.3, -0.25) is 9.59 Å². The molecular weight excluding hydrogens is 509 g/mol. The number of guanidine groups is 1. The molecule has 2 saturated heterocycles. The van der Waals surface area contributed by atoms with E-state index in [-0.39, 0.29) is 48.4 Å². The SMILES string of the molecule is CCNC(=NCC(=O)N1CCc2ccccc21)N1CCN(C(=O)C2CCCO2)CC1.I. The lowest BCUT2D eigenvalue weighted by molar-refractivity contribution is -0.142. The number of carbonyl (C=O) groups excluding carboxylic acids is 2. The summed E-state index contributed by atoms with van der Waals surface area (Å²) in [7, 11) is 0. The Kier molecular flexibility index (Phi) is 8.53. The van der Waals surface area contributed by atoms with Crippen LogP contribution in [0, 0.1) is 0 Å². The smallest absolute Gasteiger partial charge is 0.251 e. The number of nitrogens with one attached hydrogen (secondary N) is 1. The van der Waals surface area contributed by atoms with Gasteiger partial charge in [0.25, 0.3) is 5.91 Å². The van der Waals surface area contributed by atoms with E-state index < -0.39 is 0 Å². The van der Waals surface area contributed by atoms with Gasteiger partial charge >= 0.3 is 0 Å². The number of halogens is 1. The van der Waals surface area contributed by atoms with Crippen molar-refractivity contribution < 1.29 is 14.3 Å². The first-order valence-corrected chi connectivity index (χ1v) is 11.0. The monoisotopic (exact) mass is 541 g/mol. The molecule has 0 aliphatic carbocycles. The molecule has 1 N–H and O–H groups in total. The maximum atomic E-state index is 12.8. The highest BCUT2D eigenvalue weighted by Crippen LogP contribution is 2.27. The van der Waals surface area contributed by atoms with Gasteiger partial charge in [0, 0.05) is 51.6 Å². The summed E-state index contributed by atoms with van der Waals surface area (Å²) in [5.74, 6) is 0.863. The second-order valence-corrected chi connectivity index (χ2v) is 7.91.